The van der Waals surface area contributed by atoms with Crippen LogP contribution in [0.3, 0.4) is 0 Å². The fraction of sp³-hybridized carbons (Fsp3) is 0.857. The van der Waals surface area contributed by atoms with Crippen LogP contribution in [0.5, 0.6) is 0 Å². The van der Waals surface area contributed by atoms with Gasteiger partial charge in [0, 0.05) is 26.1 Å². The van der Waals surface area contributed by atoms with Gasteiger partial charge < -0.3 is 9.79 Å². The maximum absolute atomic E-state index is 9.09. The van der Waals surface area contributed by atoms with Gasteiger partial charge in [-0.25, -0.2) is 5.01 Å². The smallest absolute Gasteiger partial charge is 0.268 e. The molecule has 0 amide bonds. The van der Waals surface area contributed by atoms with Gasteiger partial charge in [0.15, 0.2) is 0 Å². The van der Waals surface area contributed by atoms with Crippen LogP contribution < -0.4 is 0 Å². The molecule has 0 radical (unpaired) electrons. The Morgan fingerprint density at radius 3 is 2.46 bits per heavy atom. The van der Waals surface area contributed by atoms with Crippen LogP contribution in [-0.2, 0) is 0 Å². The molecule has 1 saturated heterocycles. The molecule has 74 valence electrons. The summed E-state index contributed by atoms with van der Waals surface area (Å²) in [5, 5.41) is 10.3. The van der Waals surface area contributed by atoms with E-state index < -0.39 is 8.53 Å². The Balaban J connectivity index is 2.41. The lowest BCUT2D eigenvalue weighted by atomic mass is 10.4. The van der Waals surface area contributed by atoms with Crippen LogP contribution >= 0.6 is 8.53 Å². The zero-order chi connectivity index (χ0) is 9.68. The van der Waals surface area contributed by atoms with Gasteiger partial charge in [0.25, 0.3) is 8.53 Å². The highest BCUT2D eigenvalue weighted by Crippen LogP contribution is 2.33. The maximum Gasteiger partial charge on any atom is 0.268 e. The highest BCUT2D eigenvalue weighted by atomic mass is 31.2. The van der Waals surface area contributed by atoms with E-state index in [2.05, 4.69) is 0 Å². The fourth-order valence-electron chi connectivity index (χ4n) is 1.43. The van der Waals surface area contributed by atoms with Gasteiger partial charge in [0.05, 0.1) is 6.07 Å². The molecule has 1 rings (SSSR count). The van der Waals surface area contributed by atoms with Crippen LogP contribution in [0.1, 0.15) is 19.3 Å². The van der Waals surface area contributed by atoms with Crippen LogP contribution in [0.2, 0.25) is 0 Å². The molecule has 0 bridgehead atoms. The minimum atomic E-state index is -2.08. The van der Waals surface area contributed by atoms with Crippen molar-refractivity contribution in [3.8, 4) is 6.07 Å². The minimum absolute atomic E-state index is 0.330. The summed E-state index contributed by atoms with van der Waals surface area (Å²) in [6.45, 7) is 2.14. The Morgan fingerprint density at radius 2 is 2.00 bits per heavy atom. The molecule has 0 aromatic rings. The van der Waals surface area contributed by atoms with Gasteiger partial charge in [-0.1, -0.05) is 0 Å². The Morgan fingerprint density at radius 1 is 1.38 bits per heavy atom. The molecule has 0 aromatic heterocycles. The van der Waals surface area contributed by atoms with E-state index in [1.165, 1.54) is 4.78 Å². The number of hydrazine groups is 1. The molecule has 0 spiro atoms. The highest BCUT2D eigenvalue weighted by Gasteiger charge is 2.24. The van der Waals surface area contributed by atoms with Gasteiger partial charge in [-0.05, 0) is 12.8 Å². The van der Waals surface area contributed by atoms with Crippen molar-refractivity contribution in [1.82, 2.24) is 9.79 Å². The Bertz CT molecular complexity index is 189. The molecule has 1 fully saturated rings. The topological polar surface area (TPSA) is 70.7 Å². The van der Waals surface area contributed by atoms with Gasteiger partial charge in [-0.2, -0.15) is 10.0 Å². The maximum atomic E-state index is 9.09. The highest BCUT2D eigenvalue weighted by molar-refractivity contribution is 7.42. The molecule has 1 aliphatic heterocycles. The lowest BCUT2D eigenvalue weighted by molar-refractivity contribution is 0.0737. The zero-order valence-corrected chi connectivity index (χ0v) is 8.32. The lowest BCUT2D eigenvalue weighted by Crippen LogP contribution is -2.37. The predicted octanol–water partition coefficient (Wildman–Crippen LogP) is 0.424. The Kier molecular flexibility index (Phi) is 4.57. The first-order chi connectivity index (χ1) is 6.25. The molecule has 1 heterocycles. The third kappa shape index (κ3) is 3.18. The number of hydrogen-bond acceptors (Lipinski definition) is 5. The Labute approximate surface area is 79.1 Å². The van der Waals surface area contributed by atoms with Crippen LogP contribution in [0, 0.1) is 11.3 Å². The number of rotatable bonds is 4. The van der Waals surface area contributed by atoms with E-state index in [0.29, 0.717) is 13.0 Å². The van der Waals surface area contributed by atoms with Gasteiger partial charge in [0.1, 0.15) is 0 Å². The first-order valence-corrected chi connectivity index (χ1v) is 5.53. The molecular formula is C7H14N3O2P. The monoisotopic (exact) mass is 203 g/mol. The van der Waals surface area contributed by atoms with Crippen molar-refractivity contribution in [2.45, 2.75) is 19.3 Å². The van der Waals surface area contributed by atoms with E-state index in [1.807, 2.05) is 11.1 Å². The molecule has 0 aromatic carbocycles. The second-order valence-electron chi connectivity index (χ2n) is 2.93. The molecule has 0 atom stereocenters. The Hall–Kier alpha value is -0.240. The molecule has 13 heavy (non-hydrogen) atoms. The van der Waals surface area contributed by atoms with Gasteiger partial charge in [-0.3, -0.25) is 0 Å². The van der Waals surface area contributed by atoms with Crippen molar-refractivity contribution in [3.05, 3.63) is 0 Å². The lowest BCUT2D eigenvalue weighted by Gasteiger charge is -2.30. The molecule has 6 heteroatoms. The summed E-state index contributed by atoms with van der Waals surface area (Å²) in [7, 11) is -2.08. The quantitative estimate of drug-likeness (QED) is 0.648. The minimum Gasteiger partial charge on any atom is -0.337 e. The average molecular weight is 203 g/mol. The van der Waals surface area contributed by atoms with Crippen LogP contribution in [0.15, 0.2) is 0 Å². The van der Waals surface area contributed by atoms with Crippen molar-refractivity contribution >= 4 is 8.53 Å². The predicted molar refractivity (Wildman–Crippen MR) is 49.1 cm³/mol. The number of nitriles is 1. The standard InChI is InChI=1S/C7H14N3O2P/c8-4-3-7-10(13(11)12)9-5-1-2-6-9/h11-12H,1-3,5-7H2. The van der Waals surface area contributed by atoms with E-state index in [0.717, 1.165) is 25.9 Å². The summed E-state index contributed by atoms with van der Waals surface area (Å²) in [6, 6.07) is 2.00. The van der Waals surface area contributed by atoms with Crippen molar-refractivity contribution in [2.75, 3.05) is 19.6 Å². The third-order valence-corrected chi connectivity index (χ3v) is 2.91. The summed E-state index contributed by atoms with van der Waals surface area (Å²) >= 11 is 0. The van der Waals surface area contributed by atoms with Crippen LogP contribution in [0.4, 0.5) is 0 Å². The third-order valence-electron chi connectivity index (χ3n) is 2.04. The van der Waals surface area contributed by atoms with Gasteiger partial charge in [0.2, 0.25) is 0 Å². The molecule has 0 aliphatic carbocycles. The van der Waals surface area contributed by atoms with E-state index >= 15 is 0 Å². The summed E-state index contributed by atoms with van der Waals surface area (Å²) in [4.78, 5) is 18.2. The van der Waals surface area contributed by atoms with E-state index in [4.69, 9.17) is 15.0 Å². The summed E-state index contributed by atoms with van der Waals surface area (Å²) in [6.07, 6.45) is 2.51. The van der Waals surface area contributed by atoms with Gasteiger partial charge in [-0.15, -0.1) is 0 Å². The normalized spacial score (nSPS) is 18.4. The van der Waals surface area contributed by atoms with Crippen molar-refractivity contribution in [2.24, 2.45) is 0 Å². The second kappa shape index (κ2) is 5.48. The van der Waals surface area contributed by atoms with Crippen LogP contribution in [0.25, 0.3) is 0 Å². The number of hydrogen-bond donors (Lipinski definition) is 2. The van der Waals surface area contributed by atoms with Gasteiger partial charge >= 0.3 is 0 Å². The van der Waals surface area contributed by atoms with Crippen molar-refractivity contribution in [1.29, 1.82) is 5.26 Å². The van der Waals surface area contributed by atoms with Crippen LogP contribution in [-0.4, -0.2) is 39.2 Å². The molecule has 2 N–H and O–H groups in total. The summed E-state index contributed by atoms with van der Waals surface area (Å²) in [5.41, 5.74) is 0. The van der Waals surface area contributed by atoms with E-state index in [9.17, 15) is 0 Å². The van der Waals surface area contributed by atoms with Crippen molar-refractivity contribution < 1.29 is 9.79 Å². The zero-order valence-electron chi connectivity index (χ0n) is 7.43. The van der Waals surface area contributed by atoms with E-state index in [-0.39, 0.29) is 0 Å². The number of nitrogens with zero attached hydrogens (tertiary/aromatic N) is 3. The second-order valence-corrected chi connectivity index (χ2v) is 3.93. The first kappa shape index (κ1) is 10.8. The van der Waals surface area contributed by atoms with E-state index in [1.54, 1.807) is 0 Å². The van der Waals surface area contributed by atoms with Crippen molar-refractivity contribution in [3.63, 3.8) is 0 Å². The molecule has 1 aliphatic rings. The largest absolute Gasteiger partial charge is 0.337 e. The molecular weight excluding hydrogens is 189 g/mol. The SMILES string of the molecule is N#CCCN(N1CCCC1)P(O)O. The average Bonchev–Trinajstić information content (AvgIpc) is 2.57. The fourth-order valence-corrected chi connectivity index (χ4v) is 2.11. The molecule has 0 unspecified atom stereocenters. The summed E-state index contributed by atoms with van der Waals surface area (Å²) in [5.74, 6) is 0. The summed E-state index contributed by atoms with van der Waals surface area (Å²) < 4.78 is 1.51. The first-order valence-electron chi connectivity index (χ1n) is 4.33. The molecule has 0 saturated carbocycles. The molecule has 5 nitrogen and oxygen atoms in total.